The highest BCUT2D eigenvalue weighted by Crippen LogP contribution is 2.32. The van der Waals surface area contributed by atoms with Gasteiger partial charge in [0.1, 0.15) is 5.75 Å². The van der Waals surface area contributed by atoms with Crippen molar-refractivity contribution in [1.29, 1.82) is 5.26 Å². The molecular formula is C15H16N2O3. The lowest BCUT2D eigenvalue weighted by Gasteiger charge is -2.32. The van der Waals surface area contributed by atoms with Crippen LogP contribution in [0.15, 0.2) is 24.3 Å². The molecule has 1 saturated heterocycles. The molecule has 1 aromatic carbocycles. The van der Waals surface area contributed by atoms with Crippen LogP contribution in [0.3, 0.4) is 0 Å². The van der Waals surface area contributed by atoms with Gasteiger partial charge in [-0.15, -0.1) is 0 Å². The number of hydrogen-bond acceptors (Lipinski definition) is 4. The van der Waals surface area contributed by atoms with Gasteiger partial charge in [-0.1, -0.05) is 12.1 Å². The fourth-order valence-electron chi connectivity index (χ4n) is 2.47. The molecule has 2 rings (SSSR count). The maximum atomic E-state index is 12.5. The number of anilines is 1. The number of para-hydroxylation sites is 2. The van der Waals surface area contributed by atoms with Crippen LogP contribution in [-0.2, 0) is 9.59 Å². The maximum Gasteiger partial charge on any atom is 0.237 e. The predicted octanol–water partition coefficient (Wildman–Crippen LogP) is 1.92. The van der Waals surface area contributed by atoms with Crippen molar-refractivity contribution in [1.82, 2.24) is 0 Å². The van der Waals surface area contributed by atoms with Crippen molar-refractivity contribution in [3.8, 4) is 11.8 Å². The number of piperidine rings is 1. The van der Waals surface area contributed by atoms with Gasteiger partial charge in [0.2, 0.25) is 5.91 Å². The first-order valence-electron chi connectivity index (χ1n) is 6.53. The van der Waals surface area contributed by atoms with E-state index in [1.54, 1.807) is 24.1 Å². The smallest absolute Gasteiger partial charge is 0.237 e. The van der Waals surface area contributed by atoms with Crippen LogP contribution in [0.4, 0.5) is 5.69 Å². The molecule has 1 aliphatic rings. The highest BCUT2D eigenvalue weighted by molar-refractivity contribution is 6.09. The maximum absolute atomic E-state index is 12.5. The van der Waals surface area contributed by atoms with Crippen LogP contribution in [0.1, 0.15) is 19.3 Å². The van der Waals surface area contributed by atoms with E-state index >= 15 is 0 Å². The Balaban J connectivity index is 2.27. The molecule has 0 bridgehead atoms. The number of nitrogens with zero attached hydrogens (tertiary/aromatic N) is 2. The number of Topliss-reactive ketones (excluding diaryl/α,β-unsaturated/α-hetero) is 1. The molecule has 0 aliphatic carbocycles. The van der Waals surface area contributed by atoms with Crippen molar-refractivity contribution >= 4 is 17.4 Å². The van der Waals surface area contributed by atoms with Crippen molar-refractivity contribution in [2.45, 2.75) is 19.3 Å². The summed E-state index contributed by atoms with van der Waals surface area (Å²) in [6, 6.07) is 9.05. The van der Waals surface area contributed by atoms with Crippen molar-refractivity contribution in [3.05, 3.63) is 24.3 Å². The molecule has 0 unspecified atom stereocenters. The van der Waals surface area contributed by atoms with E-state index in [2.05, 4.69) is 0 Å². The van der Waals surface area contributed by atoms with Crippen LogP contribution >= 0.6 is 0 Å². The van der Waals surface area contributed by atoms with E-state index in [1.165, 1.54) is 0 Å². The molecule has 1 heterocycles. The van der Waals surface area contributed by atoms with Gasteiger partial charge in [0, 0.05) is 6.54 Å². The van der Waals surface area contributed by atoms with E-state index < -0.39 is 5.92 Å². The van der Waals surface area contributed by atoms with E-state index in [-0.39, 0.29) is 18.1 Å². The average Bonchev–Trinajstić information content (AvgIpc) is 2.47. The van der Waals surface area contributed by atoms with Crippen LogP contribution in [0.25, 0.3) is 0 Å². The summed E-state index contributed by atoms with van der Waals surface area (Å²) in [5.41, 5.74) is 0.675. The molecule has 1 fully saturated rings. The van der Waals surface area contributed by atoms with Crippen molar-refractivity contribution in [2.24, 2.45) is 5.92 Å². The number of rotatable bonds is 4. The number of hydrogen-bond donors (Lipinski definition) is 0. The minimum Gasteiger partial charge on any atom is -0.495 e. The Morgan fingerprint density at radius 2 is 2.25 bits per heavy atom. The van der Waals surface area contributed by atoms with Gasteiger partial charge in [-0.25, -0.2) is 0 Å². The third-order valence-corrected chi connectivity index (χ3v) is 3.46. The molecular weight excluding hydrogens is 256 g/mol. The van der Waals surface area contributed by atoms with Gasteiger partial charge >= 0.3 is 0 Å². The Kier molecular flexibility index (Phi) is 4.36. The van der Waals surface area contributed by atoms with Gasteiger partial charge in [0.05, 0.1) is 31.2 Å². The Labute approximate surface area is 117 Å². The average molecular weight is 272 g/mol. The molecule has 0 aromatic heterocycles. The van der Waals surface area contributed by atoms with Gasteiger partial charge in [-0.2, -0.15) is 5.26 Å². The predicted molar refractivity (Wildman–Crippen MR) is 73.3 cm³/mol. The van der Waals surface area contributed by atoms with E-state index in [9.17, 15) is 9.59 Å². The van der Waals surface area contributed by atoms with Crippen LogP contribution in [0.2, 0.25) is 0 Å². The SMILES string of the molecule is COc1ccccc1N1CCC[C@H](C(=O)CC#N)C1=O. The van der Waals surface area contributed by atoms with Crippen molar-refractivity contribution < 1.29 is 14.3 Å². The molecule has 5 nitrogen and oxygen atoms in total. The molecule has 0 spiro atoms. The van der Waals surface area contributed by atoms with Crippen LogP contribution in [0, 0.1) is 17.2 Å². The van der Waals surface area contributed by atoms with E-state index in [1.807, 2.05) is 18.2 Å². The molecule has 1 aliphatic heterocycles. The number of methoxy groups -OCH3 is 1. The summed E-state index contributed by atoms with van der Waals surface area (Å²) in [5, 5.41) is 8.60. The summed E-state index contributed by atoms with van der Waals surface area (Å²) in [4.78, 5) is 25.9. The summed E-state index contributed by atoms with van der Waals surface area (Å²) >= 11 is 0. The van der Waals surface area contributed by atoms with E-state index in [4.69, 9.17) is 10.00 Å². The monoisotopic (exact) mass is 272 g/mol. The molecule has 1 amide bonds. The molecule has 104 valence electrons. The first kappa shape index (κ1) is 14.1. The summed E-state index contributed by atoms with van der Waals surface area (Å²) in [6.07, 6.45) is 1.05. The Morgan fingerprint density at radius 1 is 1.50 bits per heavy atom. The minimum absolute atomic E-state index is 0.212. The molecule has 5 heteroatoms. The largest absolute Gasteiger partial charge is 0.495 e. The second-order valence-corrected chi connectivity index (χ2v) is 4.66. The van der Waals surface area contributed by atoms with Crippen LogP contribution < -0.4 is 9.64 Å². The Morgan fingerprint density at radius 3 is 2.95 bits per heavy atom. The third-order valence-electron chi connectivity index (χ3n) is 3.46. The number of ketones is 1. The minimum atomic E-state index is -0.701. The standard InChI is InChI=1S/C15H16N2O3/c1-20-14-7-3-2-6-12(14)17-10-4-5-11(15(17)19)13(18)8-9-16/h2-3,6-7,11H,4-5,8,10H2,1H3/t11-/m1/s1. The van der Waals surface area contributed by atoms with Gasteiger partial charge in [-0.3, -0.25) is 9.59 Å². The quantitative estimate of drug-likeness (QED) is 0.785. The normalized spacial score (nSPS) is 18.5. The van der Waals surface area contributed by atoms with Gasteiger partial charge < -0.3 is 9.64 Å². The van der Waals surface area contributed by atoms with Crippen molar-refractivity contribution in [3.63, 3.8) is 0 Å². The van der Waals surface area contributed by atoms with E-state index in [0.717, 1.165) is 6.42 Å². The number of nitriles is 1. The molecule has 0 N–H and O–H groups in total. The molecule has 1 aromatic rings. The summed E-state index contributed by atoms with van der Waals surface area (Å²) < 4.78 is 5.26. The number of amides is 1. The van der Waals surface area contributed by atoms with Crippen LogP contribution in [-0.4, -0.2) is 25.3 Å². The number of carbonyl (C=O) groups is 2. The van der Waals surface area contributed by atoms with Crippen LogP contribution in [0.5, 0.6) is 5.75 Å². The zero-order chi connectivity index (χ0) is 14.5. The molecule has 0 saturated carbocycles. The molecule has 1 atom stereocenters. The highest BCUT2D eigenvalue weighted by atomic mass is 16.5. The fraction of sp³-hybridized carbons (Fsp3) is 0.400. The summed E-state index contributed by atoms with van der Waals surface area (Å²) in [7, 11) is 1.55. The molecule has 0 radical (unpaired) electrons. The summed E-state index contributed by atoms with van der Waals surface area (Å²) in [5.74, 6) is -0.624. The second kappa shape index (κ2) is 6.20. The lowest BCUT2D eigenvalue weighted by molar-refractivity contribution is -0.133. The first-order chi connectivity index (χ1) is 9.69. The zero-order valence-electron chi connectivity index (χ0n) is 11.3. The Bertz CT molecular complexity index is 562. The topological polar surface area (TPSA) is 70.4 Å². The highest BCUT2D eigenvalue weighted by Gasteiger charge is 2.35. The number of benzene rings is 1. The zero-order valence-corrected chi connectivity index (χ0v) is 11.3. The summed E-state index contributed by atoms with van der Waals surface area (Å²) in [6.45, 7) is 0.565. The second-order valence-electron chi connectivity index (χ2n) is 4.66. The third kappa shape index (κ3) is 2.64. The van der Waals surface area contributed by atoms with Crippen molar-refractivity contribution in [2.75, 3.05) is 18.6 Å². The Hall–Kier alpha value is -2.35. The lowest BCUT2D eigenvalue weighted by Crippen LogP contribution is -2.44. The van der Waals surface area contributed by atoms with Gasteiger partial charge in [0.25, 0.3) is 0 Å². The fourth-order valence-corrected chi connectivity index (χ4v) is 2.47. The number of ether oxygens (including phenoxy) is 1. The lowest BCUT2D eigenvalue weighted by atomic mass is 9.91. The van der Waals surface area contributed by atoms with E-state index in [0.29, 0.717) is 24.4 Å². The van der Waals surface area contributed by atoms with Gasteiger partial charge in [-0.05, 0) is 25.0 Å². The molecule has 20 heavy (non-hydrogen) atoms. The number of carbonyl (C=O) groups excluding carboxylic acids is 2. The van der Waals surface area contributed by atoms with Gasteiger partial charge in [0.15, 0.2) is 5.78 Å². The first-order valence-corrected chi connectivity index (χ1v) is 6.53.